The summed E-state index contributed by atoms with van der Waals surface area (Å²) in [6.45, 7) is 1.82. The quantitative estimate of drug-likeness (QED) is 0.866. The maximum Gasteiger partial charge on any atom is 0.242 e. The van der Waals surface area contributed by atoms with Crippen molar-refractivity contribution in [3.8, 4) is 0 Å². The van der Waals surface area contributed by atoms with Crippen molar-refractivity contribution in [1.29, 1.82) is 0 Å². The van der Waals surface area contributed by atoms with Crippen molar-refractivity contribution in [2.24, 2.45) is 5.73 Å². The fourth-order valence-electron chi connectivity index (χ4n) is 2.05. The third kappa shape index (κ3) is 2.66. The summed E-state index contributed by atoms with van der Waals surface area (Å²) < 4.78 is 1.80. The number of hydrogen-bond acceptors (Lipinski definition) is 3. The molecule has 3 N–H and O–H groups in total. The largest absolute Gasteiger partial charge is 0.357 e. The summed E-state index contributed by atoms with van der Waals surface area (Å²) in [6, 6.07) is 9.13. The van der Waals surface area contributed by atoms with Crippen molar-refractivity contribution in [3.05, 3.63) is 54.1 Å². The molecule has 0 saturated carbocycles. The summed E-state index contributed by atoms with van der Waals surface area (Å²) in [5.41, 5.74) is 8.06. The molecule has 1 aromatic carbocycles. The average Bonchev–Trinajstić information content (AvgIpc) is 2.95. The SMILES string of the molecule is CNC(=O)C(C)n1cncc1C(N)c1ccccc1. The number of hydrogen-bond donors (Lipinski definition) is 2. The summed E-state index contributed by atoms with van der Waals surface area (Å²) in [4.78, 5) is 15.8. The molecule has 2 unspecified atom stereocenters. The molecule has 2 atom stereocenters. The molecule has 1 aromatic heterocycles. The van der Waals surface area contributed by atoms with E-state index in [0.29, 0.717) is 0 Å². The maximum atomic E-state index is 11.7. The van der Waals surface area contributed by atoms with Crippen LogP contribution in [0.15, 0.2) is 42.9 Å². The van der Waals surface area contributed by atoms with Gasteiger partial charge in [0.1, 0.15) is 6.04 Å². The van der Waals surface area contributed by atoms with Gasteiger partial charge < -0.3 is 15.6 Å². The molecule has 19 heavy (non-hydrogen) atoms. The van der Waals surface area contributed by atoms with E-state index in [1.165, 1.54) is 0 Å². The van der Waals surface area contributed by atoms with E-state index in [1.54, 1.807) is 24.1 Å². The Morgan fingerprint density at radius 2 is 2.05 bits per heavy atom. The molecule has 0 aliphatic heterocycles. The minimum atomic E-state index is -0.336. The summed E-state index contributed by atoms with van der Waals surface area (Å²) in [7, 11) is 1.62. The maximum absolute atomic E-state index is 11.7. The smallest absolute Gasteiger partial charge is 0.242 e. The number of nitrogens with zero attached hydrogens (tertiary/aromatic N) is 2. The van der Waals surface area contributed by atoms with E-state index in [1.807, 2.05) is 37.3 Å². The van der Waals surface area contributed by atoms with E-state index in [4.69, 9.17) is 5.73 Å². The number of carbonyl (C=O) groups excluding carboxylic acids is 1. The summed E-state index contributed by atoms with van der Waals surface area (Å²) in [5, 5.41) is 2.63. The minimum absolute atomic E-state index is 0.0699. The highest BCUT2D eigenvalue weighted by Crippen LogP contribution is 2.21. The van der Waals surface area contributed by atoms with Gasteiger partial charge in [0.2, 0.25) is 5.91 Å². The molecular formula is C14H18N4O. The zero-order chi connectivity index (χ0) is 13.8. The lowest BCUT2D eigenvalue weighted by Gasteiger charge is -2.19. The number of benzene rings is 1. The number of aromatic nitrogens is 2. The fraction of sp³-hybridized carbons (Fsp3) is 0.286. The first kappa shape index (κ1) is 13.3. The van der Waals surface area contributed by atoms with Crippen LogP contribution >= 0.6 is 0 Å². The third-order valence-electron chi connectivity index (χ3n) is 3.22. The number of likely N-dealkylation sites (N-methyl/N-ethyl adjacent to an activating group) is 1. The Morgan fingerprint density at radius 1 is 1.37 bits per heavy atom. The Bertz CT molecular complexity index is 550. The second kappa shape index (κ2) is 5.67. The van der Waals surface area contributed by atoms with Gasteiger partial charge in [-0.1, -0.05) is 30.3 Å². The second-order valence-corrected chi connectivity index (χ2v) is 4.40. The first-order valence-electron chi connectivity index (χ1n) is 6.19. The van der Waals surface area contributed by atoms with Crippen LogP contribution in [0.25, 0.3) is 0 Å². The molecule has 0 saturated heterocycles. The van der Waals surface area contributed by atoms with Crippen LogP contribution in [0.1, 0.15) is 30.3 Å². The van der Waals surface area contributed by atoms with Crippen LogP contribution in [0.3, 0.4) is 0 Å². The van der Waals surface area contributed by atoms with E-state index in [0.717, 1.165) is 11.3 Å². The van der Waals surface area contributed by atoms with Crippen molar-refractivity contribution < 1.29 is 4.79 Å². The van der Waals surface area contributed by atoms with Gasteiger partial charge in [0, 0.05) is 7.05 Å². The molecule has 2 rings (SSSR count). The van der Waals surface area contributed by atoms with Gasteiger partial charge in [0.15, 0.2) is 0 Å². The van der Waals surface area contributed by atoms with Crippen molar-refractivity contribution >= 4 is 5.91 Å². The second-order valence-electron chi connectivity index (χ2n) is 4.40. The molecule has 100 valence electrons. The number of nitrogens with two attached hydrogens (primary N) is 1. The van der Waals surface area contributed by atoms with Gasteiger partial charge in [-0.2, -0.15) is 0 Å². The Labute approximate surface area is 112 Å². The zero-order valence-electron chi connectivity index (χ0n) is 11.1. The summed E-state index contributed by atoms with van der Waals surface area (Å²) in [5.74, 6) is -0.0699. The number of imidazole rings is 1. The molecule has 0 aliphatic rings. The molecule has 2 aromatic rings. The zero-order valence-corrected chi connectivity index (χ0v) is 11.1. The van der Waals surface area contributed by atoms with E-state index in [9.17, 15) is 4.79 Å². The van der Waals surface area contributed by atoms with E-state index in [-0.39, 0.29) is 18.0 Å². The summed E-state index contributed by atoms with van der Waals surface area (Å²) >= 11 is 0. The normalized spacial score (nSPS) is 13.8. The number of nitrogens with one attached hydrogen (secondary N) is 1. The molecule has 0 fully saturated rings. The van der Waals surface area contributed by atoms with Gasteiger partial charge in [-0.3, -0.25) is 4.79 Å². The van der Waals surface area contributed by atoms with E-state index in [2.05, 4.69) is 10.3 Å². The van der Waals surface area contributed by atoms with Crippen LogP contribution in [0.2, 0.25) is 0 Å². The van der Waals surface area contributed by atoms with Crippen LogP contribution in [-0.2, 0) is 4.79 Å². The molecule has 5 nitrogen and oxygen atoms in total. The monoisotopic (exact) mass is 258 g/mol. The minimum Gasteiger partial charge on any atom is -0.357 e. The van der Waals surface area contributed by atoms with Crippen molar-refractivity contribution in [2.75, 3.05) is 7.05 Å². The van der Waals surface area contributed by atoms with Crippen LogP contribution in [0, 0.1) is 0 Å². The standard InChI is InChI=1S/C14H18N4O/c1-10(14(19)16-2)18-9-17-8-12(18)13(15)11-6-4-3-5-7-11/h3-10,13H,15H2,1-2H3,(H,16,19). The molecule has 1 amide bonds. The Hall–Kier alpha value is -2.14. The Morgan fingerprint density at radius 3 is 2.68 bits per heavy atom. The van der Waals surface area contributed by atoms with Gasteiger partial charge in [-0.05, 0) is 12.5 Å². The van der Waals surface area contributed by atoms with Gasteiger partial charge in [0.25, 0.3) is 0 Å². The molecule has 0 spiro atoms. The lowest BCUT2D eigenvalue weighted by Crippen LogP contribution is -2.29. The van der Waals surface area contributed by atoms with E-state index < -0.39 is 0 Å². The van der Waals surface area contributed by atoms with Gasteiger partial charge >= 0.3 is 0 Å². The predicted molar refractivity (Wildman–Crippen MR) is 73.5 cm³/mol. The van der Waals surface area contributed by atoms with Crippen LogP contribution in [0.4, 0.5) is 0 Å². The number of rotatable bonds is 4. The van der Waals surface area contributed by atoms with Crippen LogP contribution < -0.4 is 11.1 Å². The van der Waals surface area contributed by atoms with Gasteiger partial charge in [-0.15, -0.1) is 0 Å². The van der Waals surface area contributed by atoms with Crippen molar-refractivity contribution in [1.82, 2.24) is 14.9 Å². The molecule has 0 bridgehead atoms. The molecule has 0 aliphatic carbocycles. The highest BCUT2D eigenvalue weighted by atomic mass is 16.2. The topological polar surface area (TPSA) is 72.9 Å². The number of amides is 1. The molecule has 1 heterocycles. The van der Waals surface area contributed by atoms with E-state index >= 15 is 0 Å². The van der Waals surface area contributed by atoms with Crippen molar-refractivity contribution in [2.45, 2.75) is 19.0 Å². The van der Waals surface area contributed by atoms with Crippen LogP contribution in [-0.4, -0.2) is 22.5 Å². The van der Waals surface area contributed by atoms with Crippen LogP contribution in [0.5, 0.6) is 0 Å². The molecule has 5 heteroatoms. The third-order valence-corrected chi connectivity index (χ3v) is 3.22. The highest BCUT2D eigenvalue weighted by Gasteiger charge is 2.20. The summed E-state index contributed by atoms with van der Waals surface area (Å²) in [6.07, 6.45) is 3.34. The first-order chi connectivity index (χ1) is 9.15. The number of carbonyl (C=O) groups is 1. The fourth-order valence-corrected chi connectivity index (χ4v) is 2.05. The predicted octanol–water partition coefficient (Wildman–Crippen LogP) is 1.24. The molecule has 0 radical (unpaired) electrons. The molecular weight excluding hydrogens is 240 g/mol. The van der Waals surface area contributed by atoms with Crippen molar-refractivity contribution in [3.63, 3.8) is 0 Å². The average molecular weight is 258 g/mol. The lowest BCUT2D eigenvalue weighted by molar-refractivity contribution is -0.123. The Balaban J connectivity index is 2.32. The lowest BCUT2D eigenvalue weighted by atomic mass is 10.0. The highest BCUT2D eigenvalue weighted by molar-refractivity contribution is 5.79. The van der Waals surface area contributed by atoms with Gasteiger partial charge in [0.05, 0.1) is 24.3 Å². The van der Waals surface area contributed by atoms with Gasteiger partial charge in [-0.25, -0.2) is 4.98 Å². The first-order valence-corrected chi connectivity index (χ1v) is 6.19. The Kier molecular flexibility index (Phi) is 3.97.